The molecular formula is C25H26N2O. The fourth-order valence-corrected chi connectivity index (χ4v) is 4.75. The summed E-state index contributed by atoms with van der Waals surface area (Å²) in [5.41, 5.74) is 6.63. The van der Waals surface area contributed by atoms with Gasteiger partial charge in [0.15, 0.2) is 0 Å². The standard InChI is InChI=1S/C25H26N2O/c28-24(19-8-2-1-3-9-19)18-26-14-16-27(17-15-26)25-22-12-6-4-10-20(22)21-11-5-7-13-23(21)25/h1-13,24-25,28H,14-18H2/t24-/m1/s1. The molecule has 0 amide bonds. The van der Waals surface area contributed by atoms with Gasteiger partial charge in [0.25, 0.3) is 0 Å². The Hall–Kier alpha value is -2.46. The second-order valence-corrected chi connectivity index (χ2v) is 7.84. The number of fused-ring (bicyclic) bond motifs is 3. The lowest BCUT2D eigenvalue weighted by Gasteiger charge is -2.39. The second-order valence-electron chi connectivity index (χ2n) is 7.84. The minimum Gasteiger partial charge on any atom is -0.387 e. The third-order valence-electron chi connectivity index (χ3n) is 6.19. The van der Waals surface area contributed by atoms with Crippen LogP contribution in [0.15, 0.2) is 78.9 Å². The molecule has 0 spiro atoms. The van der Waals surface area contributed by atoms with Gasteiger partial charge in [-0.2, -0.15) is 0 Å². The molecule has 0 radical (unpaired) electrons. The molecule has 3 heteroatoms. The van der Waals surface area contributed by atoms with Crippen LogP contribution in [0, 0.1) is 0 Å². The number of nitrogens with zero attached hydrogens (tertiary/aromatic N) is 2. The molecule has 0 bridgehead atoms. The molecule has 1 aliphatic carbocycles. The number of hydrogen-bond acceptors (Lipinski definition) is 3. The SMILES string of the molecule is O[C@H](CN1CCN(C2c3ccccc3-c3ccccc32)CC1)c1ccccc1. The Bertz CT molecular complexity index is 902. The van der Waals surface area contributed by atoms with E-state index < -0.39 is 6.10 Å². The Morgan fingerprint density at radius 3 is 1.86 bits per heavy atom. The van der Waals surface area contributed by atoms with Crippen molar-refractivity contribution in [3.8, 4) is 11.1 Å². The fraction of sp³-hybridized carbons (Fsp3) is 0.280. The van der Waals surface area contributed by atoms with Crippen LogP contribution < -0.4 is 0 Å². The van der Waals surface area contributed by atoms with Crippen LogP contribution in [0.2, 0.25) is 0 Å². The number of benzene rings is 3. The Balaban J connectivity index is 1.30. The van der Waals surface area contributed by atoms with Crippen molar-refractivity contribution in [2.24, 2.45) is 0 Å². The molecular weight excluding hydrogens is 344 g/mol. The molecule has 28 heavy (non-hydrogen) atoms. The van der Waals surface area contributed by atoms with Crippen LogP contribution in [-0.4, -0.2) is 47.6 Å². The van der Waals surface area contributed by atoms with Crippen LogP contribution in [0.25, 0.3) is 11.1 Å². The van der Waals surface area contributed by atoms with E-state index in [9.17, 15) is 5.11 Å². The maximum absolute atomic E-state index is 10.6. The molecule has 3 nitrogen and oxygen atoms in total. The van der Waals surface area contributed by atoms with Gasteiger partial charge < -0.3 is 5.11 Å². The zero-order valence-corrected chi connectivity index (χ0v) is 16.0. The summed E-state index contributed by atoms with van der Waals surface area (Å²) < 4.78 is 0. The van der Waals surface area contributed by atoms with Crippen LogP contribution in [0.1, 0.15) is 28.8 Å². The number of hydrogen-bond donors (Lipinski definition) is 1. The molecule has 2 aliphatic rings. The highest BCUT2D eigenvalue weighted by Crippen LogP contribution is 2.46. The zero-order chi connectivity index (χ0) is 18.9. The lowest BCUT2D eigenvalue weighted by atomic mass is 10.0. The van der Waals surface area contributed by atoms with Crippen molar-refractivity contribution in [2.75, 3.05) is 32.7 Å². The zero-order valence-electron chi connectivity index (χ0n) is 16.0. The summed E-state index contributed by atoms with van der Waals surface area (Å²) >= 11 is 0. The highest BCUT2D eigenvalue weighted by molar-refractivity contribution is 5.78. The van der Waals surface area contributed by atoms with Crippen molar-refractivity contribution < 1.29 is 5.11 Å². The van der Waals surface area contributed by atoms with Crippen LogP contribution in [0.5, 0.6) is 0 Å². The minimum atomic E-state index is -0.416. The fourth-order valence-electron chi connectivity index (χ4n) is 4.75. The Labute approximate surface area is 166 Å². The van der Waals surface area contributed by atoms with E-state index in [2.05, 4.69) is 58.3 Å². The normalized spacial score (nSPS) is 18.6. The number of β-amino-alcohol motifs (C(OH)–C–C–N with tert-alkyl or cyclic N) is 1. The highest BCUT2D eigenvalue weighted by Gasteiger charge is 2.34. The molecule has 1 N–H and O–H groups in total. The van der Waals surface area contributed by atoms with Gasteiger partial charge in [-0.25, -0.2) is 0 Å². The lowest BCUT2D eigenvalue weighted by Crippen LogP contribution is -2.48. The topological polar surface area (TPSA) is 26.7 Å². The molecule has 0 saturated carbocycles. The van der Waals surface area contributed by atoms with E-state index in [4.69, 9.17) is 0 Å². The van der Waals surface area contributed by atoms with Gasteiger partial charge in [-0.1, -0.05) is 78.9 Å². The van der Waals surface area contributed by atoms with Gasteiger partial charge in [-0.05, 0) is 27.8 Å². The molecule has 1 heterocycles. The van der Waals surface area contributed by atoms with E-state index in [1.807, 2.05) is 30.3 Å². The van der Waals surface area contributed by atoms with Gasteiger partial charge in [0, 0.05) is 32.7 Å². The van der Waals surface area contributed by atoms with Crippen LogP contribution in [0.4, 0.5) is 0 Å². The summed E-state index contributed by atoms with van der Waals surface area (Å²) in [4.78, 5) is 5.00. The summed E-state index contributed by atoms with van der Waals surface area (Å²) in [6.07, 6.45) is -0.416. The molecule has 1 atom stereocenters. The molecule has 1 saturated heterocycles. The molecule has 142 valence electrons. The molecule has 1 aliphatic heterocycles. The Morgan fingerprint density at radius 2 is 1.25 bits per heavy atom. The Morgan fingerprint density at radius 1 is 0.714 bits per heavy atom. The van der Waals surface area contributed by atoms with E-state index in [1.54, 1.807) is 0 Å². The van der Waals surface area contributed by atoms with Crippen molar-refractivity contribution in [2.45, 2.75) is 12.1 Å². The monoisotopic (exact) mass is 370 g/mol. The van der Waals surface area contributed by atoms with Gasteiger partial charge >= 0.3 is 0 Å². The van der Waals surface area contributed by atoms with Crippen molar-refractivity contribution in [1.82, 2.24) is 9.80 Å². The molecule has 1 fully saturated rings. The van der Waals surface area contributed by atoms with Crippen LogP contribution in [-0.2, 0) is 0 Å². The van der Waals surface area contributed by atoms with Crippen molar-refractivity contribution in [3.05, 3.63) is 95.6 Å². The lowest BCUT2D eigenvalue weighted by molar-refractivity contribution is 0.0629. The van der Waals surface area contributed by atoms with E-state index in [0.29, 0.717) is 12.6 Å². The highest BCUT2D eigenvalue weighted by atomic mass is 16.3. The van der Waals surface area contributed by atoms with Crippen molar-refractivity contribution >= 4 is 0 Å². The van der Waals surface area contributed by atoms with Gasteiger partial charge in [0.05, 0.1) is 12.1 Å². The maximum Gasteiger partial charge on any atom is 0.0916 e. The van der Waals surface area contributed by atoms with Crippen LogP contribution >= 0.6 is 0 Å². The first kappa shape index (κ1) is 17.6. The Kier molecular flexibility index (Phi) is 4.73. The first-order valence-electron chi connectivity index (χ1n) is 10.2. The molecule has 3 aromatic carbocycles. The third kappa shape index (κ3) is 3.16. The number of aliphatic hydroxyl groups is 1. The smallest absolute Gasteiger partial charge is 0.0916 e. The van der Waals surface area contributed by atoms with E-state index in [1.165, 1.54) is 22.3 Å². The van der Waals surface area contributed by atoms with E-state index in [0.717, 1.165) is 31.7 Å². The summed E-state index contributed by atoms with van der Waals surface area (Å²) in [7, 11) is 0. The predicted molar refractivity (Wildman–Crippen MR) is 113 cm³/mol. The summed E-state index contributed by atoms with van der Waals surface area (Å²) in [5.74, 6) is 0. The number of rotatable bonds is 4. The van der Waals surface area contributed by atoms with Gasteiger partial charge in [0.1, 0.15) is 0 Å². The third-order valence-corrected chi connectivity index (χ3v) is 6.19. The summed E-state index contributed by atoms with van der Waals surface area (Å²) in [6.45, 7) is 4.73. The second kappa shape index (κ2) is 7.51. The minimum absolute atomic E-state index is 0.355. The molecule has 0 aromatic heterocycles. The van der Waals surface area contributed by atoms with Crippen LogP contribution in [0.3, 0.4) is 0 Å². The summed E-state index contributed by atoms with van der Waals surface area (Å²) in [6, 6.07) is 28.0. The van der Waals surface area contributed by atoms with Gasteiger partial charge in [-0.15, -0.1) is 0 Å². The average molecular weight is 370 g/mol. The van der Waals surface area contributed by atoms with Crippen molar-refractivity contribution in [3.63, 3.8) is 0 Å². The number of aliphatic hydroxyl groups excluding tert-OH is 1. The van der Waals surface area contributed by atoms with E-state index in [-0.39, 0.29) is 0 Å². The quantitative estimate of drug-likeness (QED) is 0.749. The van der Waals surface area contributed by atoms with Gasteiger partial charge in [-0.3, -0.25) is 9.80 Å². The molecule has 3 aromatic rings. The largest absolute Gasteiger partial charge is 0.387 e. The summed E-state index contributed by atoms with van der Waals surface area (Å²) in [5, 5.41) is 10.6. The first-order valence-corrected chi connectivity index (χ1v) is 10.2. The number of piperazine rings is 1. The van der Waals surface area contributed by atoms with E-state index >= 15 is 0 Å². The molecule has 5 rings (SSSR count). The van der Waals surface area contributed by atoms with Gasteiger partial charge in [0.2, 0.25) is 0 Å². The maximum atomic E-state index is 10.6. The van der Waals surface area contributed by atoms with Crippen molar-refractivity contribution in [1.29, 1.82) is 0 Å². The average Bonchev–Trinajstić information content (AvgIpc) is 3.09. The molecule has 0 unspecified atom stereocenters. The first-order chi connectivity index (χ1) is 13.8. The predicted octanol–water partition coefficient (Wildman–Crippen LogP) is 4.11.